The first kappa shape index (κ1) is 11.8. The van der Waals surface area contributed by atoms with Crippen LogP contribution in [-0.4, -0.2) is 10.9 Å². The summed E-state index contributed by atoms with van der Waals surface area (Å²) in [7, 11) is 0. The van der Waals surface area contributed by atoms with Gasteiger partial charge in [-0.15, -0.1) is 0 Å². The second-order valence-corrected chi connectivity index (χ2v) is 4.91. The van der Waals surface area contributed by atoms with Crippen LogP contribution in [0.2, 0.25) is 0 Å². The number of hydrogen-bond acceptors (Lipinski definition) is 1. The van der Waals surface area contributed by atoms with Gasteiger partial charge in [0.05, 0.1) is 0 Å². The van der Waals surface area contributed by atoms with Crippen molar-refractivity contribution in [2.45, 2.75) is 19.5 Å². The molecule has 0 saturated heterocycles. The van der Waals surface area contributed by atoms with Crippen molar-refractivity contribution in [3.8, 4) is 0 Å². The lowest BCUT2D eigenvalue weighted by Gasteiger charge is -2.26. The maximum atomic E-state index is 11.6. The topological polar surface area (TPSA) is 46.3 Å². The molecule has 0 radical (unpaired) electrons. The van der Waals surface area contributed by atoms with Crippen molar-refractivity contribution >= 4 is 6.03 Å². The minimum Gasteiger partial charge on any atom is -0.351 e. The van der Waals surface area contributed by atoms with Crippen molar-refractivity contribution < 1.29 is 4.79 Å². The largest absolute Gasteiger partial charge is 0.351 e. The average Bonchev–Trinajstić information content (AvgIpc) is 2.38. The molecule has 3 heteroatoms. The highest BCUT2D eigenvalue weighted by atomic mass is 16.2. The van der Waals surface area contributed by atoms with E-state index in [1.165, 1.54) is 22.3 Å². The van der Waals surface area contributed by atoms with E-state index in [4.69, 9.17) is 5.73 Å². The van der Waals surface area contributed by atoms with E-state index in [0.29, 0.717) is 13.1 Å². The average molecular weight is 252 g/mol. The zero-order chi connectivity index (χ0) is 13.2. The Bertz CT molecular complexity index is 574. The van der Waals surface area contributed by atoms with Gasteiger partial charge in [0.2, 0.25) is 0 Å². The van der Waals surface area contributed by atoms with Gasteiger partial charge in [0.15, 0.2) is 0 Å². The fourth-order valence-corrected chi connectivity index (χ4v) is 2.60. The molecule has 2 amide bonds. The van der Waals surface area contributed by atoms with Crippen molar-refractivity contribution in [1.29, 1.82) is 0 Å². The van der Waals surface area contributed by atoms with Gasteiger partial charge in [-0.05, 0) is 28.7 Å². The third kappa shape index (κ3) is 2.32. The number of urea groups is 1. The van der Waals surface area contributed by atoms with Gasteiger partial charge in [0.25, 0.3) is 0 Å². The Hall–Kier alpha value is -2.29. The van der Waals surface area contributed by atoms with Crippen LogP contribution in [0, 0.1) is 0 Å². The number of nitrogens with two attached hydrogens (primary N) is 1. The first-order chi connectivity index (χ1) is 9.24. The highest BCUT2D eigenvalue weighted by Gasteiger charge is 2.18. The lowest BCUT2D eigenvalue weighted by Crippen LogP contribution is -2.36. The quantitative estimate of drug-likeness (QED) is 0.769. The number of amides is 2. The molecule has 1 aliphatic heterocycles. The van der Waals surface area contributed by atoms with Crippen LogP contribution in [0.5, 0.6) is 0 Å². The highest BCUT2D eigenvalue weighted by Crippen LogP contribution is 2.23. The van der Waals surface area contributed by atoms with Crippen molar-refractivity contribution in [2.24, 2.45) is 5.73 Å². The Balaban J connectivity index is 2.10. The van der Waals surface area contributed by atoms with Gasteiger partial charge >= 0.3 is 6.03 Å². The molecule has 2 N–H and O–H groups in total. The van der Waals surface area contributed by atoms with E-state index in [1.54, 1.807) is 4.90 Å². The van der Waals surface area contributed by atoms with Crippen LogP contribution in [0.3, 0.4) is 0 Å². The normalized spacial score (nSPS) is 14.0. The Morgan fingerprint density at radius 1 is 0.842 bits per heavy atom. The molecule has 0 saturated carbocycles. The standard InChI is InChI=1S/C16H16N2O/c17-16(19)18-10-14-7-3-1-5-12(14)9-13-6-2-4-8-15(13)11-18/h1-8H,9-11H2,(H2,17,19). The van der Waals surface area contributed by atoms with Crippen LogP contribution < -0.4 is 5.73 Å². The van der Waals surface area contributed by atoms with Crippen molar-refractivity contribution in [2.75, 3.05) is 0 Å². The SMILES string of the molecule is NC(=O)N1Cc2ccccc2Cc2ccccc2C1. The summed E-state index contributed by atoms with van der Waals surface area (Å²) in [4.78, 5) is 13.3. The predicted molar refractivity (Wildman–Crippen MR) is 74.5 cm³/mol. The van der Waals surface area contributed by atoms with E-state index < -0.39 is 0 Å². The van der Waals surface area contributed by atoms with Crippen LogP contribution in [0.25, 0.3) is 0 Å². The van der Waals surface area contributed by atoms with Crippen molar-refractivity contribution in [3.63, 3.8) is 0 Å². The molecule has 0 aliphatic carbocycles. The van der Waals surface area contributed by atoms with Crippen LogP contribution in [0.15, 0.2) is 48.5 Å². The number of carbonyl (C=O) groups is 1. The summed E-state index contributed by atoms with van der Waals surface area (Å²) in [6, 6.07) is 16.1. The van der Waals surface area contributed by atoms with Gasteiger partial charge in [-0.2, -0.15) is 0 Å². The molecule has 2 aromatic carbocycles. The summed E-state index contributed by atoms with van der Waals surface area (Å²) in [5, 5.41) is 0. The fraction of sp³-hybridized carbons (Fsp3) is 0.188. The maximum Gasteiger partial charge on any atom is 0.315 e. The van der Waals surface area contributed by atoms with Crippen LogP contribution >= 0.6 is 0 Å². The molecular formula is C16H16N2O. The molecule has 3 rings (SSSR count). The summed E-state index contributed by atoms with van der Waals surface area (Å²) in [5.41, 5.74) is 10.4. The van der Waals surface area contributed by atoms with Gasteiger partial charge in [0.1, 0.15) is 0 Å². The second-order valence-electron chi connectivity index (χ2n) is 4.91. The molecule has 0 bridgehead atoms. The number of fused-ring (bicyclic) bond motifs is 2. The lowest BCUT2D eigenvalue weighted by atomic mass is 9.94. The van der Waals surface area contributed by atoms with E-state index in [1.807, 2.05) is 24.3 Å². The molecule has 1 aliphatic rings. The number of hydrogen-bond donors (Lipinski definition) is 1. The molecular weight excluding hydrogens is 236 g/mol. The summed E-state index contributed by atoms with van der Waals surface area (Å²) in [6.07, 6.45) is 0.916. The number of nitrogens with zero attached hydrogens (tertiary/aromatic N) is 1. The minimum atomic E-state index is -0.369. The van der Waals surface area contributed by atoms with Crippen molar-refractivity contribution in [1.82, 2.24) is 4.90 Å². The molecule has 2 aromatic rings. The lowest BCUT2D eigenvalue weighted by molar-refractivity contribution is 0.201. The van der Waals surface area contributed by atoms with Gasteiger partial charge in [0, 0.05) is 13.1 Å². The second kappa shape index (κ2) is 4.76. The van der Waals surface area contributed by atoms with Crippen LogP contribution in [0.1, 0.15) is 22.3 Å². The number of carbonyl (C=O) groups excluding carboxylic acids is 1. The van der Waals surface area contributed by atoms with E-state index in [2.05, 4.69) is 24.3 Å². The fourth-order valence-electron chi connectivity index (χ4n) is 2.60. The number of primary amides is 1. The zero-order valence-corrected chi connectivity index (χ0v) is 10.7. The molecule has 1 heterocycles. The number of rotatable bonds is 0. The summed E-state index contributed by atoms with van der Waals surface area (Å²) >= 11 is 0. The molecule has 0 atom stereocenters. The maximum absolute atomic E-state index is 11.6. The van der Waals surface area contributed by atoms with E-state index in [0.717, 1.165) is 6.42 Å². The van der Waals surface area contributed by atoms with E-state index >= 15 is 0 Å². The molecule has 0 unspecified atom stereocenters. The van der Waals surface area contributed by atoms with Gasteiger partial charge in [-0.3, -0.25) is 0 Å². The van der Waals surface area contributed by atoms with Crippen molar-refractivity contribution in [3.05, 3.63) is 70.8 Å². The van der Waals surface area contributed by atoms with Gasteiger partial charge in [-0.25, -0.2) is 4.79 Å². The molecule has 96 valence electrons. The van der Waals surface area contributed by atoms with Crippen LogP contribution in [-0.2, 0) is 19.5 Å². The Labute approximate surface area is 112 Å². The summed E-state index contributed by atoms with van der Waals surface area (Å²) in [5.74, 6) is 0. The van der Waals surface area contributed by atoms with E-state index in [-0.39, 0.29) is 6.03 Å². The third-order valence-corrected chi connectivity index (χ3v) is 3.65. The summed E-state index contributed by atoms with van der Waals surface area (Å²) in [6.45, 7) is 1.17. The Morgan fingerprint density at radius 3 is 1.68 bits per heavy atom. The van der Waals surface area contributed by atoms with Gasteiger partial charge in [-0.1, -0.05) is 48.5 Å². The third-order valence-electron chi connectivity index (χ3n) is 3.65. The summed E-state index contributed by atoms with van der Waals surface area (Å²) < 4.78 is 0. The first-order valence-electron chi connectivity index (χ1n) is 6.42. The predicted octanol–water partition coefficient (Wildman–Crippen LogP) is 2.67. The zero-order valence-electron chi connectivity index (χ0n) is 10.7. The molecule has 0 fully saturated rings. The van der Waals surface area contributed by atoms with E-state index in [9.17, 15) is 4.79 Å². The molecule has 0 aromatic heterocycles. The first-order valence-corrected chi connectivity index (χ1v) is 6.42. The Morgan fingerprint density at radius 2 is 1.26 bits per heavy atom. The van der Waals surface area contributed by atoms with Gasteiger partial charge < -0.3 is 10.6 Å². The Kier molecular flexibility index (Phi) is 2.95. The molecule has 0 spiro atoms. The minimum absolute atomic E-state index is 0.369. The smallest absolute Gasteiger partial charge is 0.315 e. The highest BCUT2D eigenvalue weighted by molar-refractivity contribution is 5.72. The monoisotopic (exact) mass is 252 g/mol. The van der Waals surface area contributed by atoms with Crippen LogP contribution in [0.4, 0.5) is 4.79 Å². The molecule has 3 nitrogen and oxygen atoms in total. The molecule has 19 heavy (non-hydrogen) atoms. The number of benzene rings is 2.